The van der Waals surface area contributed by atoms with E-state index in [1.54, 1.807) is 0 Å². The van der Waals surface area contributed by atoms with Crippen LogP contribution in [0.5, 0.6) is 0 Å². The third kappa shape index (κ3) is 2.65. The van der Waals surface area contributed by atoms with Gasteiger partial charge in [-0.25, -0.2) is 0 Å². The van der Waals surface area contributed by atoms with Crippen molar-refractivity contribution in [2.75, 3.05) is 6.61 Å². The molecule has 1 aliphatic carbocycles. The molecule has 0 bridgehead atoms. The molecule has 0 aromatic carbocycles. The van der Waals surface area contributed by atoms with Gasteiger partial charge < -0.3 is 51.3 Å². The summed E-state index contributed by atoms with van der Waals surface area (Å²) in [6.45, 7) is -0.637. The lowest BCUT2D eigenvalue weighted by atomic mass is 9.79. The number of ether oxygens (including phenoxy) is 1. The number of rotatable bonds is 3. The Hall–Kier alpha value is -0.400. The van der Waals surface area contributed by atoms with Crippen LogP contribution in [-0.4, -0.2) is 102 Å². The zero-order chi connectivity index (χ0) is 16.8. The molecule has 0 spiro atoms. The Bertz CT molecular complexity index is 399. The van der Waals surface area contributed by atoms with Gasteiger partial charge in [-0.05, 0) is 6.42 Å². The zero-order valence-electron chi connectivity index (χ0n) is 11.7. The molecular weight excluding hydrogens is 302 g/mol. The molecule has 130 valence electrons. The van der Waals surface area contributed by atoms with Crippen molar-refractivity contribution in [3.63, 3.8) is 0 Å². The first-order valence-electron chi connectivity index (χ1n) is 6.96. The van der Waals surface area contributed by atoms with Gasteiger partial charge in [0.2, 0.25) is 0 Å². The van der Waals surface area contributed by atoms with Gasteiger partial charge in [-0.3, -0.25) is 0 Å². The maximum Gasteiger partial charge on any atom is 0.183 e. The van der Waals surface area contributed by atoms with E-state index in [4.69, 9.17) is 10.5 Å². The van der Waals surface area contributed by atoms with Crippen molar-refractivity contribution in [3.8, 4) is 0 Å². The lowest BCUT2D eigenvalue weighted by Gasteiger charge is -2.43. The van der Waals surface area contributed by atoms with Crippen LogP contribution < -0.4 is 5.73 Å². The Morgan fingerprint density at radius 1 is 0.818 bits per heavy atom. The summed E-state index contributed by atoms with van der Waals surface area (Å²) in [5, 5.41) is 77.4. The molecule has 5 unspecified atom stereocenters. The molecular formula is C12H23NO9. The molecule has 0 amide bonds. The predicted molar refractivity (Wildman–Crippen MR) is 69.0 cm³/mol. The predicted octanol–water partition coefficient (Wildman–Crippen LogP) is -5.42. The third-order valence-electron chi connectivity index (χ3n) is 4.77. The summed E-state index contributed by atoms with van der Waals surface area (Å²) in [5.41, 5.74) is 4.29. The fourth-order valence-electron chi connectivity index (χ4n) is 3.28. The fraction of sp³-hybridized carbons (Fsp3) is 1.00. The topological polar surface area (TPSA) is 197 Å². The van der Waals surface area contributed by atoms with E-state index in [0.717, 1.165) is 0 Å². The van der Waals surface area contributed by atoms with Crippen LogP contribution in [0.25, 0.3) is 0 Å². The van der Waals surface area contributed by atoms with Gasteiger partial charge in [0, 0.05) is 5.92 Å². The highest BCUT2D eigenvalue weighted by Gasteiger charge is 2.59. The highest BCUT2D eigenvalue weighted by molar-refractivity contribution is 5.13. The summed E-state index contributed by atoms with van der Waals surface area (Å²) in [6, 6.07) is 0. The zero-order valence-corrected chi connectivity index (χ0v) is 11.7. The van der Waals surface area contributed by atoms with Gasteiger partial charge in [-0.1, -0.05) is 0 Å². The second kappa shape index (κ2) is 6.24. The van der Waals surface area contributed by atoms with Crippen LogP contribution in [0.2, 0.25) is 0 Å². The van der Waals surface area contributed by atoms with Gasteiger partial charge in [-0.2, -0.15) is 0 Å². The summed E-state index contributed by atoms with van der Waals surface area (Å²) >= 11 is 0. The van der Waals surface area contributed by atoms with Crippen LogP contribution in [0, 0.1) is 5.92 Å². The Balaban J connectivity index is 2.20. The molecule has 2 fully saturated rings. The van der Waals surface area contributed by atoms with Crippen molar-refractivity contribution in [1.82, 2.24) is 0 Å². The molecule has 10 atom stereocenters. The van der Waals surface area contributed by atoms with E-state index in [1.165, 1.54) is 0 Å². The fourth-order valence-corrected chi connectivity index (χ4v) is 3.28. The minimum atomic E-state index is -1.77. The molecule has 2 rings (SSSR count). The number of aliphatic hydroxyl groups is 8. The number of hydrogen-bond donors (Lipinski definition) is 9. The number of nitrogens with two attached hydrogens (primary N) is 1. The molecule has 10 N–H and O–H groups in total. The van der Waals surface area contributed by atoms with E-state index in [1.807, 2.05) is 0 Å². The summed E-state index contributed by atoms with van der Waals surface area (Å²) in [7, 11) is 0. The highest BCUT2D eigenvalue weighted by Crippen LogP contribution is 2.39. The Kier molecular flexibility index (Phi) is 5.09. The molecule has 1 heterocycles. The van der Waals surface area contributed by atoms with E-state index in [0.29, 0.717) is 0 Å². The molecule has 1 aliphatic heterocycles. The van der Waals surface area contributed by atoms with E-state index < -0.39 is 67.1 Å². The van der Waals surface area contributed by atoms with Gasteiger partial charge in [0.15, 0.2) is 6.29 Å². The standard InChI is InChI=1S/C12H23NO9/c13-12(3(2-14)5(15)8(18)10(12)20)1-4-6(16)7(17)9(19)11(21)22-4/h3-11,14-21H,1-2,13H2/t3?,4-,5?,6-,7+,8?,9+,10?,11+,12?/m1/s1. The van der Waals surface area contributed by atoms with Crippen molar-refractivity contribution in [2.45, 2.75) is 61.0 Å². The van der Waals surface area contributed by atoms with Crippen LogP contribution in [0.1, 0.15) is 6.42 Å². The largest absolute Gasteiger partial charge is 0.396 e. The van der Waals surface area contributed by atoms with E-state index in [9.17, 15) is 40.9 Å². The summed E-state index contributed by atoms with van der Waals surface area (Å²) in [4.78, 5) is 0. The first kappa shape index (κ1) is 17.9. The average Bonchev–Trinajstić information content (AvgIpc) is 2.63. The minimum absolute atomic E-state index is 0.379. The molecule has 0 aromatic heterocycles. The normalized spacial score (nSPS) is 56.3. The van der Waals surface area contributed by atoms with E-state index in [2.05, 4.69) is 0 Å². The lowest BCUT2D eigenvalue weighted by molar-refractivity contribution is -0.286. The molecule has 2 aliphatic rings. The molecule has 10 heteroatoms. The molecule has 22 heavy (non-hydrogen) atoms. The van der Waals surface area contributed by atoms with Gasteiger partial charge in [0.25, 0.3) is 0 Å². The van der Waals surface area contributed by atoms with Crippen LogP contribution in [-0.2, 0) is 4.74 Å². The lowest BCUT2D eigenvalue weighted by Crippen LogP contribution is -2.63. The van der Waals surface area contributed by atoms with Gasteiger partial charge in [0.05, 0.1) is 24.4 Å². The Morgan fingerprint density at radius 2 is 1.41 bits per heavy atom. The van der Waals surface area contributed by atoms with Crippen LogP contribution in [0.3, 0.4) is 0 Å². The Morgan fingerprint density at radius 3 is 1.95 bits per heavy atom. The highest BCUT2D eigenvalue weighted by atomic mass is 16.6. The van der Waals surface area contributed by atoms with Crippen LogP contribution in [0.15, 0.2) is 0 Å². The molecule has 1 saturated carbocycles. The summed E-state index contributed by atoms with van der Waals surface area (Å²) in [5.74, 6) is -1.10. The number of aliphatic hydroxyl groups excluding tert-OH is 8. The van der Waals surface area contributed by atoms with Gasteiger partial charge >= 0.3 is 0 Å². The van der Waals surface area contributed by atoms with Crippen molar-refractivity contribution < 1.29 is 45.6 Å². The van der Waals surface area contributed by atoms with Gasteiger partial charge in [0.1, 0.15) is 30.5 Å². The third-order valence-corrected chi connectivity index (χ3v) is 4.77. The maximum absolute atomic E-state index is 10.0. The first-order chi connectivity index (χ1) is 10.1. The molecule has 0 radical (unpaired) electrons. The first-order valence-corrected chi connectivity index (χ1v) is 6.96. The summed E-state index contributed by atoms with van der Waals surface area (Å²) in [6.07, 6.45) is -13.1. The Labute approximate surface area is 126 Å². The quantitative estimate of drug-likeness (QED) is 0.241. The monoisotopic (exact) mass is 325 g/mol. The second-order valence-corrected chi connectivity index (χ2v) is 6.07. The smallest absolute Gasteiger partial charge is 0.183 e. The average molecular weight is 325 g/mol. The van der Waals surface area contributed by atoms with Crippen molar-refractivity contribution in [2.24, 2.45) is 11.7 Å². The SMILES string of the molecule is NC1(C[C@H]2O[C@H](O)[C@@H](O)[C@@H](O)[C@@H]2O)C(O)C(O)C(O)C1CO. The second-order valence-electron chi connectivity index (χ2n) is 6.07. The van der Waals surface area contributed by atoms with Crippen molar-refractivity contribution in [3.05, 3.63) is 0 Å². The van der Waals surface area contributed by atoms with Crippen LogP contribution in [0.4, 0.5) is 0 Å². The van der Waals surface area contributed by atoms with Crippen molar-refractivity contribution in [1.29, 1.82) is 0 Å². The van der Waals surface area contributed by atoms with E-state index >= 15 is 0 Å². The van der Waals surface area contributed by atoms with Crippen molar-refractivity contribution >= 4 is 0 Å². The summed E-state index contributed by atoms with van der Waals surface area (Å²) < 4.78 is 4.98. The van der Waals surface area contributed by atoms with Gasteiger partial charge in [-0.15, -0.1) is 0 Å². The van der Waals surface area contributed by atoms with Crippen LogP contribution >= 0.6 is 0 Å². The molecule has 0 aromatic rings. The minimum Gasteiger partial charge on any atom is -0.396 e. The van der Waals surface area contributed by atoms with E-state index in [-0.39, 0.29) is 6.42 Å². The number of hydrogen-bond acceptors (Lipinski definition) is 10. The molecule has 1 saturated heterocycles. The molecule has 10 nitrogen and oxygen atoms in total. The maximum atomic E-state index is 10.0.